The third-order valence-corrected chi connectivity index (χ3v) is 6.76. The standard InChI is InChI=1S/C30H36N2O2/c1-23(2)30(22-31,26-16-17-28(33-3)29(20-26)34-4)18-11-19-32-21-27(24-12-7-5-8-13-24)25-14-9-6-10-15-25/h5-10,12-17,20,23,27,32H,11,18-19,21H2,1-4H3. The van der Waals surface area contributed by atoms with Crippen molar-refractivity contribution in [2.45, 2.75) is 38.0 Å². The third kappa shape index (κ3) is 5.79. The van der Waals surface area contributed by atoms with Crippen LogP contribution < -0.4 is 14.8 Å². The van der Waals surface area contributed by atoms with Crippen LogP contribution >= 0.6 is 0 Å². The smallest absolute Gasteiger partial charge is 0.161 e. The number of hydrogen-bond donors (Lipinski definition) is 1. The van der Waals surface area contributed by atoms with Gasteiger partial charge in [-0.25, -0.2) is 0 Å². The molecular weight excluding hydrogens is 420 g/mol. The predicted octanol–water partition coefficient (Wildman–Crippen LogP) is 6.32. The topological polar surface area (TPSA) is 54.3 Å². The Morgan fingerprint density at radius 3 is 1.94 bits per heavy atom. The van der Waals surface area contributed by atoms with E-state index in [2.05, 4.69) is 85.9 Å². The quantitative estimate of drug-likeness (QED) is 0.324. The average molecular weight is 457 g/mol. The molecule has 1 unspecified atom stereocenters. The molecule has 1 atom stereocenters. The maximum atomic E-state index is 10.3. The van der Waals surface area contributed by atoms with Crippen molar-refractivity contribution in [3.8, 4) is 17.6 Å². The number of ether oxygens (including phenoxy) is 2. The van der Waals surface area contributed by atoms with Gasteiger partial charge in [-0.3, -0.25) is 0 Å². The zero-order chi connectivity index (χ0) is 24.4. The van der Waals surface area contributed by atoms with Crippen molar-refractivity contribution in [2.75, 3.05) is 27.3 Å². The van der Waals surface area contributed by atoms with Gasteiger partial charge in [0.05, 0.1) is 25.7 Å². The molecule has 0 aromatic heterocycles. The molecule has 0 heterocycles. The van der Waals surface area contributed by atoms with Crippen molar-refractivity contribution in [3.05, 3.63) is 95.6 Å². The van der Waals surface area contributed by atoms with Gasteiger partial charge in [-0.05, 0) is 54.1 Å². The van der Waals surface area contributed by atoms with Crippen LogP contribution in [0.25, 0.3) is 0 Å². The Morgan fingerprint density at radius 1 is 0.853 bits per heavy atom. The lowest BCUT2D eigenvalue weighted by Crippen LogP contribution is -2.32. The molecule has 0 spiro atoms. The number of nitrogens with one attached hydrogen (secondary N) is 1. The van der Waals surface area contributed by atoms with E-state index >= 15 is 0 Å². The molecule has 0 saturated heterocycles. The molecule has 4 heteroatoms. The third-order valence-electron chi connectivity index (χ3n) is 6.76. The Balaban J connectivity index is 1.68. The Hall–Kier alpha value is -3.29. The molecule has 0 aliphatic rings. The minimum atomic E-state index is -0.584. The minimum Gasteiger partial charge on any atom is -0.493 e. The molecule has 1 N–H and O–H groups in total. The molecular formula is C30H36N2O2. The number of hydrogen-bond acceptors (Lipinski definition) is 4. The fourth-order valence-corrected chi connectivity index (χ4v) is 4.67. The van der Waals surface area contributed by atoms with Crippen LogP contribution in [0.15, 0.2) is 78.9 Å². The summed E-state index contributed by atoms with van der Waals surface area (Å²) < 4.78 is 10.9. The van der Waals surface area contributed by atoms with Crippen LogP contribution in [0.4, 0.5) is 0 Å². The Labute approximate surface area is 204 Å². The largest absolute Gasteiger partial charge is 0.493 e. The second-order valence-electron chi connectivity index (χ2n) is 8.99. The molecule has 0 aliphatic carbocycles. The summed E-state index contributed by atoms with van der Waals surface area (Å²) in [6, 6.07) is 29.8. The lowest BCUT2D eigenvalue weighted by atomic mass is 9.69. The molecule has 0 radical (unpaired) electrons. The number of nitriles is 1. The second kappa shape index (κ2) is 12.3. The summed E-state index contributed by atoms with van der Waals surface area (Å²) in [7, 11) is 3.26. The van der Waals surface area contributed by atoms with Gasteiger partial charge in [0.1, 0.15) is 0 Å². The van der Waals surface area contributed by atoms with Gasteiger partial charge in [-0.15, -0.1) is 0 Å². The van der Waals surface area contributed by atoms with Crippen LogP contribution in [0.2, 0.25) is 0 Å². The summed E-state index contributed by atoms with van der Waals surface area (Å²) >= 11 is 0. The van der Waals surface area contributed by atoms with Crippen LogP contribution in [-0.2, 0) is 5.41 Å². The molecule has 178 valence electrons. The lowest BCUT2D eigenvalue weighted by molar-refractivity contribution is 0.341. The number of rotatable bonds is 12. The molecule has 3 rings (SSSR count). The number of nitrogens with zero attached hydrogens (tertiary/aromatic N) is 1. The van der Waals surface area contributed by atoms with Crippen molar-refractivity contribution < 1.29 is 9.47 Å². The first kappa shape index (κ1) is 25.3. The van der Waals surface area contributed by atoms with E-state index in [1.54, 1.807) is 14.2 Å². The number of benzene rings is 3. The fourth-order valence-electron chi connectivity index (χ4n) is 4.67. The lowest BCUT2D eigenvalue weighted by Gasteiger charge is -2.32. The summed E-state index contributed by atoms with van der Waals surface area (Å²) in [5.41, 5.74) is 3.01. The summed E-state index contributed by atoms with van der Waals surface area (Å²) in [6.45, 7) is 5.94. The molecule has 3 aromatic carbocycles. The molecule has 0 bridgehead atoms. The van der Waals surface area contributed by atoms with Crippen LogP contribution in [0.1, 0.15) is 49.3 Å². The average Bonchev–Trinajstić information content (AvgIpc) is 2.89. The van der Waals surface area contributed by atoms with E-state index in [4.69, 9.17) is 9.47 Å². The van der Waals surface area contributed by atoms with E-state index in [0.717, 1.165) is 31.5 Å². The van der Waals surface area contributed by atoms with E-state index in [9.17, 15) is 5.26 Å². The normalized spacial score (nSPS) is 12.9. The highest BCUT2D eigenvalue weighted by Gasteiger charge is 2.36. The first-order valence-electron chi connectivity index (χ1n) is 12.0. The fraction of sp³-hybridized carbons (Fsp3) is 0.367. The van der Waals surface area contributed by atoms with Gasteiger partial charge in [0.15, 0.2) is 11.5 Å². The second-order valence-corrected chi connectivity index (χ2v) is 8.99. The van der Waals surface area contributed by atoms with Crippen molar-refractivity contribution in [1.82, 2.24) is 5.32 Å². The Morgan fingerprint density at radius 2 is 1.44 bits per heavy atom. The first-order chi connectivity index (χ1) is 16.6. The van der Waals surface area contributed by atoms with Crippen LogP contribution in [-0.4, -0.2) is 27.3 Å². The minimum absolute atomic E-state index is 0.164. The summed E-state index contributed by atoms with van der Waals surface area (Å²) in [6.07, 6.45) is 1.67. The van der Waals surface area contributed by atoms with Gasteiger partial charge < -0.3 is 14.8 Å². The van der Waals surface area contributed by atoms with Crippen molar-refractivity contribution >= 4 is 0 Å². The van der Waals surface area contributed by atoms with Crippen molar-refractivity contribution in [2.24, 2.45) is 5.92 Å². The SMILES string of the molecule is COc1ccc(C(C#N)(CCCNCC(c2ccccc2)c2ccccc2)C(C)C)cc1OC. The van der Waals surface area contributed by atoms with Crippen LogP contribution in [0, 0.1) is 17.2 Å². The predicted molar refractivity (Wildman–Crippen MR) is 139 cm³/mol. The highest BCUT2D eigenvalue weighted by atomic mass is 16.5. The van der Waals surface area contributed by atoms with Gasteiger partial charge in [-0.1, -0.05) is 80.6 Å². The van der Waals surface area contributed by atoms with E-state index < -0.39 is 5.41 Å². The van der Waals surface area contributed by atoms with Gasteiger partial charge in [0.2, 0.25) is 0 Å². The molecule has 34 heavy (non-hydrogen) atoms. The monoisotopic (exact) mass is 456 g/mol. The van der Waals surface area contributed by atoms with E-state index in [0.29, 0.717) is 17.4 Å². The highest BCUT2D eigenvalue weighted by Crippen LogP contribution is 2.40. The first-order valence-corrected chi connectivity index (χ1v) is 12.0. The molecule has 0 amide bonds. The number of methoxy groups -OCH3 is 2. The molecule has 3 aromatic rings. The van der Waals surface area contributed by atoms with Gasteiger partial charge in [0.25, 0.3) is 0 Å². The summed E-state index contributed by atoms with van der Waals surface area (Å²) in [4.78, 5) is 0. The van der Waals surface area contributed by atoms with E-state index in [-0.39, 0.29) is 5.92 Å². The zero-order valence-electron chi connectivity index (χ0n) is 20.8. The summed E-state index contributed by atoms with van der Waals surface area (Å²) in [5, 5.41) is 13.9. The van der Waals surface area contributed by atoms with E-state index in [1.807, 2.05) is 18.2 Å². The highest BCUT2D eigenvalue weighted by molar-refractivity contribution is 5.47. The summed E-state index contributed by atoms with van der Waals surface area (Å²) in [5.74, 6) is 1.79. The molecule has 0 fully saturated rings. The Kier molecular flexibility index (Phi) is 9.13. The van der Waals surface area contributed by atoms with E-state index in [1.165, 1.54) is 11.1 Å². The van der Waals surface area contributed by atoms with Crippen molar-refractivity contribution in [3.63, 3.8) is 0 Å². The maximum absolute atomic E-state index is 10.3. The van der Waals surface area contributed by atoms with Gasteiger partial charge in [-0.2, -0.15) is 5.26 Å². The zero-order valence-corrected chi connectivity index (χ0v) is 20.8. The van der Waals surface area contributed by atoms with Crippen molar-refractivity contribution in [1.29, 1.82) is 5.26 Å². The van der Waals surface area contributed by atoms with Crippen LogP contribution in [0.5, 0.6) is 11.5 Å². The van der Waals surface area contributed by atoms with Crippen LogP contribution in [0.3, 0.4) is 0 Å². The van der Waals surface area contributed by atoms with Gasteiger partial charge in [0, 0.05) is 12.5 Å². The maximum Gasteiger partial charge on any atom is 0.161 e. The molecule has 0 aliphatic heterocycles. The Bertz CT molecular complexity index is 1020. The molecule has 4 nitrogen and oxygen atoms in total. The van der Waals surface area contributed by atoms with Gasteiger partial charge >= 0.3 is 0 Å². The molecule has 0 saturated carbocycles.